The van der Waals surface area contributed by atoms with Gasteiger partial charge < -0.3 is 15.2 Å². The van der Waals surface area contributed by atoms with Crippen molar-refractivity contribution in [2.75, 3.05) is 19.8 Å². The lowest BCUT2D eigenvalue weighted by Gasteiger charge is -2.00. The molecule has 5 heteroatoms. The molecule has 5 nitrogen and oxygen atoms in total. The summed E-state index contributed by atoms with van der Waals surface area (Å²) in [7, 11) is 0. The summed E-state index contributed by atoms with van der Waals surface area (Å²) in [6, 6.07) is 0. The molecule has 0 aromatic heterocycles. The van der Waals surface area contributed by atoms with E-state index in [9.17, 15) is 9.59 Å². The van der Waals surface area contributed by atoms with Crippen molar-refractivity contribution in [1.82, 2.24) is 0 Å². The highest BCUT2D eigenvalue weighted by atomic mass is 16.6. The van der Waals surface area contributed by atoms with Crippen LogP contribution in [0.4, 0.5) is 0 Å². The van der Waals surface area contributed by atoms with E-state index < -0.39 is 11.9 Å². The minimum Gasteiger partial charge on any atom is -0.456 e. The van der Waals surface area contributed by atoms with Crippen molar-refractivity contribution >= 4 is 11.9 Å². The van der Waals surface area contributed by atoms with Crippen molar-refractivity contribution in [2.24, 2.45) is 5.73 Å². The van der Waals surface area contributed by atoms with Crippen LogP contribution in [-0.4, -0.2) is 31.7 Å². The zero-order valence-corrected chi connectivity index (χ0v) is 6.33. The number of carbonyl (C=O) groups excluding carboxylic acids is 2. The van der Waals surface area contributed by atoms with Crippen LogP contribution in [0.3, 0.4) is 0 Å². The molecule has 1 amide bonds. The van der Waals surface area contributed by atoms with Gasteiger partial charge in [-0.1, -0.05) is 0 Å². The van der Waals surface area contributed by atoms with Crippen LogP contribution in [0, 0.1) is 0 Å². The molecular weight excluding hydrogens is 150 g/mol. The summed E-state index contributed by atoms with van der Waals surface area (Å²) in [6.07, 6.45) is 0. The van der Waals surface area contributed by atoms with E-state index in [2.05, 4.69) is 10.5 Å². The number of carbonyl (C=O) groups is 2. The monoisotopic (exact) mass is 161 g/mol. The minimum atomic E-state index is -1.08. The molecule has 0 unspecified atom stereocenters. The second-order valence-electron chi connectivity index (χ2n) is 1.70. The minimum absolute atomic E-state index is 0.0651. The van der Waals surface area contributed by atoms with Gasteiger partial charge in [0.2, 0.25) is 0 Å². The van der Waals surface area contributed by atoms with Gasteiger partial charge in [0, 0.05) is 6.61 Å². The number of hydrogen-bond acceptors (Lipinski definition) is 4. The van der Waals surface area contributed by atoms with E-state index in [1.165, 1.54) is 0 Å². The summed E-state index contributed by atoms with van der Waals surface area (Å²) in [5, 5.41) is 0. The Bertz CT molecular complexity index is 146. The topological polar surface area (TPSA) is 78.6 Å². The number of esters is 1. The van der Waals surface area contributed by atoms with Gasteiger partial charge in [0.15, 0.2) is 0 Å². The molecule has 0 radical (unpaired) electrons. The van der Waals surface area contributed by atoms with E-state index in [-0.39, 0.29) is 13.2 Å². The highest BCUT2D eigenvalue weighted by Crippen LogP contribution is 1.78. The molecular formula is C6H11NO4. The smallest absolute Gasteiger partial charge is 0.396 e. The summed E-state index contributed by atoms with van der Waals surface area (Å²) < 4.78 is 9.20. The van der Waals surface area contributed by atoms with Crippen LogP contribution >= 0.6 is 0 Å². The average Bonchev–Trinajstić information content (AvgIpc) is 1.97. The Morgan fingerprint density at radius 2 is 2.00 bits per heavy atom. The first kappa shape index (κ1) is 9.90. The molecule has 64 valence electrons. The molecule has 2 N–H and O–H groups in total. The third kappa shape index (κ3) is 5.35. The van der Waals surface area contributed by atoms with E-state index >= 15 is 0 Å². The maximum absolute atomic E-state index is 10.4. The fourth-order valence-electron chi connectivity index (χ4n) is 0.409. The number of ether oxygens (including phenoxy) is 2. The largest absolute Gasteiger partial charge is 0.456 e. The number of primary amides is 1. The van der Waals surface area contributed by atoms with E-state index in [0.29, 0.717) is 6.61 Å². The van der Waals surface area contributed by atoms with Gasteiger partial charge in [0.05, 0.1) is 6.61 Å². The Morgan fingerprint density at radius 1 is 1.36 bits per heavy atom. The van der Waals surface area contributed by atoms with Crippen molar-refractivity contribution < 1.29 is 19.1 Å². The lowest BCUT2D eigenvalue weighted by atomic mass is 10.6. The molecule has 0 heterocycles. The second kappa shape index (κ2) is 5.67. The molecule has 0 spiro atoms. The number of amides is 1. The molecule has 0 aliphatic carbocycles. The Balaban J connectivity index is 3.25. The molecule has 0 aliphatic rings. The zero-order chi connectivity index (χ0) is 8.69. The SMILES string of the molecule is CCOCCOC(=O)C(N)=O. The summed E-state index contributed by atoms with van der Waals surface area (Å²) in [6.45, 7) is 2.72. The predicted octanol–water partition coefficient (Wildman–Crippen LogP) is -0.949. The standard InChI is InChI=1S/C6H11NO4/c1-2-10-3-4-11-6(9)5(7)8/h2-4H2,1H3,(H2,7,8). The zero-order valence-electron chi connectivity index (χ0n) is 6.33. The van der Waals surface area contributed by atoms with Crippen LogP contribution in [-0.2, 0) is 19.1 Å². The van der Waals surface area contributed by atoms with Crippen molar-refractivity contribution in [3.63, 3.8) is 0 Å². The van der Waals surface area contributed by atoms with Gasteiger partial charge in [-0.2, -0.15) is 0 Å². The number of hydrogen-bond donors (Lipinski definition) is 1. The third-order valence-corrected chi connectivity index (χ3v) is 0.866. The predicted molar refractivity (Wildman–Crippen MR) is 36.6 cm³/mol. The molecule has 0 aromatic rings. The summed E-state index contributed by atoms with van der Waals surface area (Å²) in [5.41, 5.74) is 4.60. The van der Waals surface area contributed by atoms with Crippen LogP contribution in [0.25, 0.3) is 0 Å². The van der Waals surface area contributed by atoms with Gasteiger partial charge in [-0.3, -0.25) is 4.79 Å². The Kier molecular flexibility index (Phi) is 5.10. The van der Waals surface area contributed by atoms with Gasteiger partial charge in [-0.05, 0) is 6.92 Å². The summed E-state index contributed by atoms with van der Waals surface area (Å²) in [4.78, 5) is 20.4. The molecule has 0 fully saturated rings. The molecule has 0 rings (SSSR count). The Labute approximate surface area is 64.5 Å². The molecule has 0 bridgehead atoms. The first-order valence-electron chi connectivity index (χ1n) is 3.22. The highest BCUT2D eigenvalue weighted by Gasteiger charge is 2.08. The molecule has 11 heavy (non-hydrogen) atoms. The fraction of sp³-hybridized carbons (Fsp3) is 0.667. The van der Waals surface area contributed by atoms with Crippen molar-refractivity contribution in [2.45, 2.75) is 6.92 Å². The lowest BCUT2D eigenvalue weighted by molar-refractivity contribution is -0.154. The first-order chi connectivity index (χ1) is 5.18. The van der Waals surface area contributed by atoms with Gasteiger partial charge >= 0.3 is 11.9 Å². The second-order valence-corrected chi connectivity index (χ2v) is 1.70. The van der Waals surface area contributed by atoms with Crippen LogP contribution in [0.1, 0.15) is 6.92 Å². The van der Waals surface area contributed by atoms with Crippen LogP contribution in [0.15, 0.2) is 0 Å². The molecule has 0 saturated heterocycles. The normalized spacial score (nSPS) is 9.18. The van der Waals surface area contributed by atoms with Crippen molar-refractivity contribution in [3.8, 4) is 0 Å². The molecule has 0 saturated carbocycles. The van der Waals surface area contributed by atoms with E-state index in [4.69, 9.17) is 4.74 Å². The third-order valence-electron chi connectivity index (χ3n) is 0.866. The number of nitrogens with two attached hydrogens (primary N) is 1. The van der Waals surface area contributed by atoms with Crippen LogP contribution in [0.2, 0.25) is 0 Å². The molecule has 0 aliphatic heterocycles. The lowest BCUT2D eigenvalue weighted by Crippen LogP contribution is -2.26. The van der Waals surface area contributed by atoms with Crippen molar-refractivity contribution in [1.29, 1.82) is 0 Å². The Morgan fingerprint density at radius 3 is 2.45 bits per heavy atom. The highest BCUT2D eigenvalue weighted by molar-refractivity contribution is 6.31. The van der Waals surface area contributed by atoms with Gasteiger partial charge in [-0.25, -0.2) is 4.79 Å². The van der Waals surface area contributed by atoms with E-state index in [0.717, 1.165) is 0 Å². The van der Waals surface area contributed by atoms with Crippen LogP contribution < -0.4 is 5.73 Å². The Hall–Kier alpha value is -1.10. The average molecular weight is 161 g/mol. The molecule has 0 aromatic carbocycles. The van der Waals surface area contributed by atoms with E-state index in [1.807, 2.05) is 6.92 Å². The maximum Gasteiger partial charge on any atom is 0.396 e. The summed E-state index contributed by atoms with van der Waals surface area (Å²) >= 11 is 0. The van der Waals surface area contributed by atoms with Gasteiger partial charge in [0.1, 0.15) is 6.61 Å². The van der Waals surface area contributed by atoms with Crippen LogP contribution in [0.5, 0.6) is 0 Å². The van der Waals surface area contributed by atoms with Gasteiger partial charge in [0.25, 0.3) is 0 Å². The fourth-order valence-corrected chi connectivity index (χ4v) is 0.409. The number of rotatable bonds is 4. The molecule has 0 atom stereocenters. The van der Waals surface area contributed by atoms with Crippen molar-refractivity contribution in [3.05, 3.63) is 0 Å². The maximum atomic E-state index is 10.4. The first-order valence-corrected chi connectivity index (χ1v) is 3.22. The van der Waals surface area contributed by atoms with E-state index in [1.54, 1.807) is 0 Å². The summed E-state index contributed by atoms with van der Waals surface area (Å²) in [5.74, 6) is -2.11. The van der Waals surface area contributed by atoms with Gasteiger partial charge in [-0.15, -0.1) is 0 Å². The quantitative estimate of drug-likeness (QED) is 0.327.